The Balaban J connectivity index is 2.06. The number of hydrogen-bond acceptors (Lipinski definition) is 5. The van der Waals surface area contributed by atoms with Crippen LogP contribution in [0.2, 0.25) is 0 Å². The summed E-state index contributed by atoms with van der Waals surface area (Å²) >= 11 is 1.41. The lowest BCUT2D eigenvalue weighted by atomic mass is 10.3. The van der Waals surface area contributed by atoms with Crippen LogP contribution in [-0.2, 0) is 9.84 Å². The average Bonchev–Trinajstić information content (AvgIpc) is 2.82. The molecule has 0 fully saturated rings. The summed E-state index contributed by atoms with van der Waals surface area (Å²) < 4.78 is 28.2. The van der Waals surface area contributed by atoms with Crippen molar-refractivity contribution in [2.45, 2.75) is 11.8 Å². The fourth-order valence-electron chi connectivity index (χ4n) is 1.60. The SMILES string of the molecule is Cc1ccc(C(=O)COc2cccc(S(C)(=O)=O)c2)s1. The van der Waals surface area contributed by atoms with Gasteiger partial charge in [0.2, 0.25) is 5.78 Å². The van der Waals surface area contributed by atoms with Crippen LogP contribution in [0.5, 0.6) is 5.75 Å². The second-order valence-electron chi connectivity index (χ2n) is 4.37. The van der Waals surface area contributed by atoms with Crippen LogP contribution in [0, 0.1) is 6.92 Å². The minimum atomic E-state index is -3.28. The van der Waals surface area contributed by atoms with Crippen LogP contribution in [-0.4, -0.2) is 27.1 Å². The lowest BCUT2D eigenvalue weighted by Gasteiger charge is -2.06. The van der Waals surface area contributed by atoms with Gasteiger partial charge in [-0.15, -0.1) is 11.3 Å². The van der Waals surface area contributed by atoms with Crippen molar-refractivity contribution < 1.29 is 17.9 Å². The Bertz CT molecular complexity index is 729. The van der Waals surface area contributed by atoms with Crippen LogP contribution in [0.4, 0.5) is 0 Å². The van der Waals surface area contributed by atoms with Crippen molar-refractivity contribution in [3.63, 3.8) is 0 Å². The van der Waals surface area contributed by atoms with E-state index < -0.39 is 9.84 Å². The Labute approximate surface area is 121 Å². The Morgan fingerprint density at radius 3 is 2.60 bits per heavy atom. The summed E-state index contributed by atoms with van der Waals surface area (Å²) in [6, 6.07) is 9.77. The van der Waals surface area contributed by atoms with Gasteiger partial charge in [-0.1, -0.05) is 6.07 Å². The summed E-state index contributed by atoms with van der Waals surface area (Å²) in [5.74, 6) is 0.252. The van der Waals surface area contributed by atoms with Gasteiger partial charge in [-0.25, -0.2) is 8.42 Å². The number of rotatable bonds is 5. The Hall–Kier alpha value is -1.66. The molecule has 2 rings (SSSR count). The van der Waals surface area contributed by atoms with Crippen molar-refractivity contribution in [2.24, 2.45) is 0 Å². The Morgan fingerprint density at radius 2 is 2.00 bits per heavy atom. The summed E-state index contributed by atoms with van der Waals surface area (Å²) in [6.07, 6.45) is 1.13. The average molecular weight is 310 g/mol. The molecule has 0 atom stereocenters. The van der Waals surface area contributed by atoms with Gasteiger partial charge in [0.25, 0.3) is 0 Å². The molecule has 4 nitrogen and oxygen atoms in total. The summed E-state index contributed by atoms with van der Waals surface area (Å²) in [7, 11) is -3.28. The number of thiophene rings is 1. The number of ketones is 1. The highest BCUT2D eigenvalue weighted by Crippen LogP contribution is 2.19. The molecule has 0 radical (unpaired) electrons. The summed E-state index contributed by atoms with van der Waals surface area (Å²) in [5.41, 5.74) is 0. The van der Waals surface area contributed by atoms with Crippen molar-refractivity contribution in [3.8, 4) is 5.75 Å². The largest absolute Gasteiger partial charge is 0.485 e. The van der Waals surface area contributed by atoms with Gasteiger partial charge in [-0.3, -0.25) is 4.79 Å². The number of ether oxygens (including phenoxy) is 1. The summed E-state index contributed by atoms with van der Waals surface area (Å²) in [4.78, 5) is 13.8. The van der Waals surface area contributed by atoms with E-state index in [2.05, 4.69) is 0 Å². The van der Waals surface area contributed by atoms with Crippen molar-refractivity contribution in [2.75, 3.05) is 12.9 Å². The van der Waals surface area contributed by atoms with E-state index in [1.807, 2.05) is 13.0 Å². The zero-order valence-corrected chi connectivity index (χ0v) is 12.8. The maximum atomic E-state index is 11.9. The Morgan fingerprint density at radius 1 is 1.25 bits per heavy atom. The first-order chi connectivity index (χ1) is 9.36. The highest BCUT2D eigenvalue weighted by Gasteiger charge is 2.11. The summed E-state index contributed by atoms with van der Waals surface area (Å²) in [5, 5.41) is 0. The highest BCUT2D eigenvalue weighted by molar-refractivity contribution is 7.90. The minimum Gasteiger partial charge on any atom is -0.485 e. The van der Waals surface area contributed by atoms with E-state index in [-0.39, 0.29) is 17.3 Å². The smallest absolute Gasteiger partial charge is 0.210 e. The number of carbonyl (C=O) groups is 1. The third kappa shape index (κ3) is 3.68. The first-order valence-electron chi connectivity index (χ1n) is 5.89. The predicted molar refractivity (Wildman–Crippen MR) is 78.4 cm³/mol. The van der Waals surface area contributed by atoms with E-state index in [1.165, 1.54) is 23.5 Å². The lowest BCUT2D eigenvalue weighted by Crippen LogP contribution is -2.10. The van der Waals surface area contributed by atoms with E-state index in [0.29, 0.717) is 10.6 Å². The molecule has 0 aliphatic heterocycles. The lowest BCUT2D eigenvalue weighted by molar-refractivity contribution is 0.0925. The molecule has 0 saturated heterocycles. The number of hydrogen-bond donors (Lipinski definition) is 0. The molecule has 0 aliphatic rings. The van der Waals surface area contributed by atoms with Gasteiger partial charge in [0.1, 0.15) is 5.75 Å². The predicted octanol–water partition coefficient (Wildman–Crippen LogP) is 2.72. The highest BCUT2D eigenvalue weighted by atomic mass is 32.2. The van der Waals surface area contributed by atoms with Gasteiger partial charge in [0, 0.05) is 11.1 Å². The first kappa shape index (κ1) is 14.7. The number of carbonyl (C=O) groups excluding carboxylic acids is 1. The number of Topliss-reactive ketones (excluding diaryl/α,β-unsaturated/α-hetero) is 1. The third-order valence-corrected chi connectivity index (χ3v) is 4.77. The van der Waals surface area contributed by atoms with Crippen LogP contribution in [0.15, 0.2) is 41.3 Å². The molecule has 6 heteroatoms. The third-order valence-electron chi connectivity index (χ3n) is 2.62. The van der Waals surface area contributed by atoms with Gasteiger partial charge >= 0.3 is 0 Å². The fourth-order valence-corrected chi connectivity index (χ4v) is 3.05. The molecule has 0 spiro atoms. The molecule has 1 heterocycles. The first-order valence-corrected chi connectivity index (χ1v) is 8.59. The molecule has 0 amide bonds. The van der Waals surface area contributed by atoms with E-state index in [9.17, 15) is 13.2 Å². The molecule has 2 aromatic rings. The van der Waals surface area contributed by atoms with E-state index in [1.54, 1.807) is 18.2 Å². The molecule has 106 valence electrons. The zero-order valence-electron chi connectivity index (χ0n) is 11.1. The van der Waals surface area contributed by atoms with Crippen molar-refractivity contribution in [1.29, 1.82) is 0 Å². The normalized spacial score (nSPS) is 11.3. The van der Waals surface area contributed by atoms with Crippen LogP contribution in [0.3, 0.4) is 0 Å². The molecule has 1 aromatic carbocycles. The molecule has 0 aliphatic carbocycles. The molecule has 0 bridgehead atoms. The molecule has 0 unspecified atom stereocenters. The second-order valence-corrected chi connectivity index (χ2v) is 7.67. The van der Waals surface area contributed by atoms with Crippen molar-refractivity contribution in [1.82, 2.24) is 0 Å². The standard InChI is InChI=1S/C14H14O4S2/c1-10-6-7-14(19-10)13(15)9-18-11-4-3-5-12(8-11)20(2,16)17/h3-8H,9H2,1-2H3. The molecule has 20 heavy (non-hydrogen) atoms. The van der Waals surface area contributed by atoms with Gasteiger partial charge in [-0.2, -0.15) is 0 Å². The van der Waals surface area contributed by atoms with Crippen molar-refractivity contribution in [3.05, 3.63) is 46.2 Å². The van der Waals surface area contributed by atoms with Gasteiger partial charge < -0.3 is 4.74 Å². The van der Waals surface area contributed by atoms with E-state index in [4.69, 9.17) is 4.74 Å². The topological polar surface area (TPSA) is 60.4 Å². The van der Waals surface area contributed by atoms with E-state index in [0.717, 1.165) is 11.1 Å². The number of sulfone groups is 1. The molecular formula is C14H14O4S2. The molecule has 1 aromatic heterocycles. The monoisotopic (exact) mass is 310 g/mol. The maximum Gasteiger partial charge on any atom is 0.210 e. The second kappa shape index (κ2) is 5.76. The number of benzene rings is 1. The van der Waals surface area contributed by atoms with Crippen LogP contribution < -0.4 is 4.74 Å². The zero-order chi connectivity index (χ0) is 14.8. The fraction of sp³-hybridized carbons (Fsp3) is 0.214. The van der Waals surface area contributed by atoms with Gasteiger partial charge in [-0.05, 0) is 37.3 Å². The molecule has 0 saturated carbocycles. The van der Waals surface area contributed by atoms with Crippen LogP contribution in [0.1, 0.15) is 14.5 Å². The minimum absolute atomic E-state index is 0.104. The van der Waals surface area contributed by atoms with Crippen LogP contribution >= 0.6 is 11.3 Å². The quantitative estimate of drug-likeness (QED) is 0.797. The number of aryl methyl sites for hydroxylation is 1. The molecule has 0 N–H and O–H groups in total. The van der Waals surface area contributed by atoms with E-state index >= 15 is 0 Å². The van der Waals surface area contributed by atoms with Crippen molar-refractivity contribution >= 4 is 27.0 Å². The van der Waals surface area contributed by atoms with Gasteiger partial charge in [0.15, 0.2) is 16.4 Å². The van der Waals surface area contributed by atoms with Crippen LogP contribution in [0.25, 0.3) is 0 Å². The van der Waals surface area contributed by atoms with Gasteiger partial charge in [0.05, 0.1) is 9.77 Å². The maximum absolute atomic E-state index is 11.9. The molecular weight excluding hydrogens is 296 g/mol. The Kier molecular flexibility index (Phi) is 4.25. The summed E-state index contributed by atoms with van der Waals surface area (Å²) in [6.45, 7) is 1.82.